The van der Waals surface area contributed by atoms with Crippen LogP contribution in [0.15, 0.2) is 87.5 Å². The molecular formula is C21H18F3O2S+. The molecule has 3 aromatic carbocycles. The minimum atomic E-state index is -4.35. The molecule has 0 aromatic heterocycles. The Morgan fingerprint density at radius 1 is 0.593 bits per heavy atom. The van der Waals surface area contributed by atoms with Crippen LogP contribution in [-0.4, -0.2) is 14.2 Å². The van der Waals surface area contributed by atoms with Gasteiger partial charge in [-0.15, -0.1) is 0 Å². The lowest BCUT2D eigenvalue weighted by molar-refractivity contribution is -0.137. The highest BCUT2D eigenvalue weighted by molar-refractivity contribution is 7.97. The maximum absolute atomic E-state index is 12.9. The molecule has 0 aliphatic carbocycles. The van der Waals surface area contributed by atoms with Crippen LogP contribution in [0.25, 0.3) is 0 Å². The fraction of sp³-hybridized carbons (Fsp3) is 0.143. The third-order valence-electron chi connectivity index (χ3n) is 4.01. The lowest BCUT2D eigenvalue weighted by Gasteiger charge is -2.11. The number of hydrogen-bond donors (Lipinski definition) is 0. The van der Waals surface area contributed by atoms with E-state index in [9.17, 15) is 13.2 Å². The Bertz CT molecular complexity index is 826. The van der Waals surface area contributed by atoms with Crippen LogP contribution in [0.1, 0.15) is 5.56 Å². The van der Waals surface area contributed by atoms with E-state index in [0.29, 0.717) is 0 Å². The van der Waals surface area contributed by atoms with Crippen molar-refractivity contribution in [1.29, 1.82) is 0 Å². The van der Waals surface area contributed by atoms with E-state index in [4.69, 9.17) is 9.47 Å². The molecule has 0 bridgehead atoms. The summed E-state index contributed by atoms with van der Waals surface area (Å²) in [5, 5.41) is 0. The molecule has 140 valence electrons. The van der Waals surface area contributed by atoms with Crippen molar-refractivity contribution < 1.29 is 22.6 Å². The van der Waals surface area contributed by atoms with Crippen molar-refractivity contribution in [3.8, 4) is 11.5 Å². The maximum Gasteiger partial charge on any atom is 0.416 e. The minimum Gasteiger partial charge on any atom is -0.497 e. The van der Waals surface area contributed by atoms with E-state index in [-0.39, 0.29) is 0 Å². The van der Waals surface area contributed by atoms with Crippen LogP contribution in [0.2, 0.25) is 0 Å². The van der Waals surface area contributed by atoms with Crippen LogP contribution in [0.4, 0.5) is 13.2 Å². The quantitative estimate of drug-likeness (QED) is 0.511. The normalized spacial score (nSPS) is 11.5. The van der Waals surface area contributed by atoms with E-state index in [1.165, 1.54) is 0 Å². The first kappa shape index (κ1) is 19.2. The highest BCUT2D eigenvalue weighted by Crippen LogP contribution is 2.35. The third-order valence-corrected chi connectivity index (χ3v) is 6.24. The molecule has 0 amide bonds. The summed E-state index contributed by atoms with van der Waals surface area (Å²) in [5.74, 6) is 1.45. The lowest BCUT2D eigenvalue weighted by atomic mass is 10.2. The SMILES string of the molecule is COc1ccc([S+](c2ccc(OC)cc2)c2ccc(C(F)(F)F)cc2)cc1. The van der Waals surface area contributed by atoms with Gasteiger partial charge in [-0.1, -0.05) is 0 Å². The molecule has 0 atom stereocenters. The largest absolute Gasteiger partial charge is 0.497 e. The molecule has 0 unspecified atom stereocenters. The van der Waals surface area contributed by atoms with Crippen molar-refractivity contribution in [3.05, 3.63) is 78.4 Å². The monoisotopic (exact) mass is 391 g/mol. The number of methoxy groups -OCH3 is 2. The molecule has 3 aromatic rings. The molecule has 3 rings (SSSR count). The number of benzene rings is 3. The Labute approximate surface area is 158 Å². The van der Waals surface area contributed by atoms with Crippen molar-refractivity contribution in [3.63, 3.8) is 0 Å². The Hall–Kier alpha value is -2.60. The van der Waals surface area contributed by atoms with Gasteiger partial charge in [0.2, 0.25) is 0 Å². The molecule has 6 heteroatoms. The van der Waals surface area contributed by atoms with Gasteiger partial charge in [-0.05, 0) is 72.8 Å². The van der Waals surface area contributed by atoms with E-state index < -0.39 is 22.6 Å². The molecule has 0 fully saturated rings. The molecule has 0 radical (unpaired) electrons. The second kappa shape index (κ2) is 7.96. The minimum absolute atomic E-state index is 0.549. The van der Waals surface area contributed by atoms with Crippen molar-refractivity contribution in [2.75, 3.05) is 14.2 Å². The van der Waals surface area contributed by atoms with Gasteiger partial charge in [0.05, 0.1) is 30.7 Å². The van der Waals surface area contributed by atoms with Gasteiger partial charge < -0.3 is 9.47 Å². The average molecular weight is 391 g/mol. The predicted octanol–water partition coefficient (Wildman–Crippen LogP) is 5.82. The second-order valence-electron chi connectivity index (χ2n) is 5.68. The Balaban J connectivity index is 2.05. The summed E-state index contributed by atoms with van der Waals surface area (Å²) < 4.78 is 49.1. The van der Waals surface area contributed by atoms with Crippen LogP contribution >= 0.6 is 0 Å². The zero-order chi connectivity index (χ0) is 19.4. The van der Waals surface area contributed by atoms with E-state index in [1.54, 1.807) is 26.4 Å². The molecule has 0 saturated heterocycles. The van der Waals surface area contributed by atoms with E-state index in [1.807, 2.05) is 48.5 Å². The van der Waals surface area contributed by atoms with Crippen LogP contribution in [0.5, 0.6) is 11.5 Å². The molecule has 0 saturated carbocycles. The van der Waals surface area contributed by atoms with Crippen molar-refractivity contribution >= 4 is 10.9 Å². The smallest absolute Gasteiger partial charge is 0.416 e. The van der Waals surface area contributed by atoms with E-state index in [0.717, 1.165) is 38.3 Å². The summed E-state index contributed by atoms with van der Waals surface area (Å²) >= 11 is 0. The fourth-order valence-corrected chi connectivity index (χ4v) is 4.65. The summed E-state index contributed by atoms with van der Waals surface area (Å²) in [6.07, 6.45) is -4.35. The fourth-order valence-electron chi connectivity index (χ4n) is 2.61. The molecule has 0 N–H and O–H groups in total. The number of ether oxygens (including phenoxy) is 2. The maximum atomic E-state index is 12.9. The Morgan fingerprint density at radius 3 is 1.22 bits per heavy atom. The first-order valence-electron chi connectivity index (χ1n) is 8.12. The molecule has 0 aliphatic heterocycles. The molecule has 2 nitrogen and oxygen atoms in total. The van der Waals surface area contributed by atoms with Crippen LogP contribution in [0.3, 0.4) is 0 Å². The van der Waals surface area contributed by atoms with Gasteiger partial charge in [-0.3, -0.25) is 0 Å². The van der Waals surface area contributed by atoms with E-state index >= 15 is 0 Å². The topological polar surface area (TPSA) is 18.5 Å². The summed E-state index contributed by atoms with van der Waals surface area (Å²) in [4.78, 5) is 2.78. The van der Waals surface area contributed by atoms with Crippen LogP contribution < -0.4 is 9.47 Å². The second-order valence-corrected chi connectivity index (χ2v) is 7.71. The zero-order valence-electron chi connectivity index (χ0n) is 14.8. The van der Waals surface area contributed by atoms with Crippen molar-refractivity contribution in [2.45, 2.75) is 20.9 Å². The summed E-state index contributed by atoms with van der Waals surface area (Å²) in [5.41, 5.74) is -0.653. The first-order chi connectivity index (χ1) is 12.9. The standard InChI is InChI=1S/C21H18F3O2S/c1-25-16-5-11-19(12-6-16)27(20-13-7-17(26-2)8-14-20)18-9-3-15(4-10-18)21(22,23)24/h3-14H,1-2H3/q+1. The number of alkyl halides is 3. The lowest BCUT2D eigenvalue weighted by Crippen LogP contribution is -2.08. The molecular weight excluding hydrogens is 373 g/mol. The van der Waals surface area contributed by atoms with Crippen LogP contribution in [-0.2, 0) is 17.1 Å². The van der Waals surface area contributed by atoms with Gasteiger partial charge in [0.25, 0.3) is 0 Å². The first-order valence-corrected chi connectivity index (χ1v) is 9.34. The van der Waals surface area contributed by atoms with Gasteiger partial charge in [0.15, 0.2) is 14.7 Å². The Morgan fingerprint density at radius 2 is 0.926 bits per heavy atom. The highest BCUT2D eigenvalue weighted by Gasteiger charge is 2.33. The van der Waals surface area contributed by atoms with Gasteiger partial charge in [-0.25, -0.2) is 0 Å². The predicted molar refractivity (Wildman–Crippen MR) is 99.6 cm³/mol. The van der Waals surface area contributed by atoms with Gasteiger partial charge in [-0.2, -0.15) is 13.2 Å². The van der Waals surface area contributed by atoms with E-state index in [2.05, 4.69) is 0 Å². The number of rotatable bonds is 5. The third kappa shape index (κ3) is 4.39. The molecule has 27 heavy (non-hydrogen) atoms. The zero-order valence-corrected chi connectivity index (χ0v) is 15.6. The summed E-state index contributed by atoms with van der Waals surface area (Å²) in [6.45, 7) is 0. The number of halogens is 3. The molecule has 0 heterocycles. The summed E-state index contributed by atoms with van der Waals surface area (Å²) in [6, 6.07) is 20.5. The number of hydrogen-bond acceptors (Lipinski definition) is 2. The van der Waals surface area contributed by atoms with Gasteiger partial charge in [0, 0.05) is 0 Å². The highest BCUT2D eigenvalue weighted by atomic mass is 32.2. The van der Waals surface area contributed by atoms with Gasteiger partial charge >= 0.3 is 6.18 Å². The van der Waals surface area contributed by atoms with Gasteiger partial charge in [0.1, 0.15) is 11.5 Å². The Kier molecular flexibility index (Phi) is 5.65. The van der Waals surface area contributed by atoms with Crippen molar-refractivity contribution in [1.82, 2.24) is 0 Å². The van der Waals surface area contributed by atoms with Crippen molar-refractivity contribution in [2.24, 2.45) is 0 Å². The molecule has 0 spiro atoms. The summed E-state index contributed by atoms with van der Waals surface area (Å²) in [7, 11) is 2.63. The van der Waals surface area contributed by atoms with Crippen LogP contribution in [0, 0.1) is 0 Å². The molecule has 0 aliphatic rings. The average Bonchev–Trinajstić information content (AvgIpc) is 2.69.